The molecule has 0 amide bonds. The maximum Gasteiger partial charge on any atom is 0.417 e. The average Bonchev–Trinajstić information content (AvgIpc) is 2.12. The molecule has 0 heterocycles. The summed E-state index contributed by atoms with van der Waals surface area (Å²) in [6, 6.07) is -0.176. The Hall–Kier alpha value is -0.0400. The maximum atomic E-state index is 12.6. The second-order valence-corrected chi connectivity index (χ2v) is 5.16. The third-order valence-corrected chi connectivity index (χ3v) is 3.31. The Bertz CT molecular complexity index is 453. The van der Waals surface area contributed by atoms with Crippen molar-refractivity contribution in [2.45, 2.75) is 17.2 Å². The van der Waals surface area contributed by atoms with Gasteiger partial charge < -0.3 is 0 Å². The van der Waals surface area contributed by atoms with Crippen LogP contribution in [0.15, 0.2) is 6.07 Å². The Morgan fingerprint density at radius 3 is 1.32 bits per heavy atom. The van der Waals surface area contributed by atoms with Crippen LogP contribution in [0.1, 0.15) is 21.5 Å². The highest BCUT2D eigenvalue weighted by Crippen LogP contribution is 2.48. The number of hydrogen-bond donors (Lipinski definition) is 0. The molecule has 0 fully saturated rings. The monoisotopic (exact) mass is 364 g/mol. The summed E-state index contributed by atoms with van der Waals surface area (Å²) in [5, 5.41) is -2.11. The molecule has 0 aliphatic carbocycles. The lowest BCUT2D eigenvalue weighted by molar-refractivity contribution is -0.143. The fourth-order valence-corrected chi connectivity index (χ4v) is 2.70. The molecule has 0 spiro atoms. The third-order valence-electron chi connectivity index (χ3n) is 2.06. The summed E-state index contributed by atoms with van der Waals surface area (Å²) in [6.45, 7) is 0. The van der Waals surface area contributed by atoms with E-state index >= 15 is 0 Å². The first kappa shape index (κ1) is 17.0. The van der Waals surface area contributed by atoms with Crippen molar-refractivity contribution < 1.29 is 26.3 Å². The van der Waals surface area contributed by atoms with Gasteiger partial charge in [0, 0.05) is 5.56 Å². The van der Waals surface area contributed by atoms with Crippen LogP contribution in [0.3, 0.4) is 0 Å². The highest BCUT2D eigenvalue weighted by atomic mass is 35.5. The van der Waals surface area contributed by atoms with Crippen LogP contribution in [-0.2, 0) is 12.4 Å². The maximum absolute atomic E-state index is 12.6. The van der Waals surface area contributed by atoms with E-state index in [1.54, 1.807) is 0 Å². The van der Waals surface area contributed by atoms with Crippen LogP contribution in [0, 0.1) is 0 Å². The van der Waals surface area contributed by atoms with Crippen LogP contribution >= 0.6 is 46.4 Å². The second kappa shape index (κ2) is 5.39. The number of alkyl halides is 8. The molecule has 0 saturated heterocycles. The van der Waals surface area contributed by atoms with Crippen molar-refractivity contribution in [1.29, 1.82) is 0 Å². The van der Waals surface area contributed by atoms with Gasteiger partial charge in [-0.1, -0.05) is 46.4 Å². The fourth-order valence-electron chi connectivity index (χ4n) is 1.26. The van der Waals surface area contributed by atoms with Gasteiger partial charge in [0.05, 0.1) is 21.2 Å². The van der Waals surface area contributed by atoms with E-state index in [0.29, 0.717) is 0 Å². The number of rotatable bonds is 1. The molecule has 19 heavy (non-hydrogen) atoms. The topological polar surface area (TPSA) is 0 Å². The van der Waals surface area contributed by atoms with Gasteiger partial charge in [0.25, 0.3) is 0 Å². The van der Waals surface area contributed by atoms with E-state index in [1.165, 1.54) is 0 Å². The van der Waals surface area contributed by atoms with Crippen molar-refractivity contribution in [3.63, 3.8) is 0 Å². The summed E-state index contributed by atoms with van der Waals surface area (Å²) >= 11 is 21.4. The zero-order valence-corrected chi connectivity index (χ0v) is 11.5. The first-order valence-electron chi connectivity index (χ1n) is 4.31. The number of halogens is 10. The van der Waals surface area contributed by atoms with E-state index in [2.05, 4.69) is 0 Å². The van der Waals surface area contributed by atoms with Crippen LogP contribution in [0.25, 0.3) is 0 Å². The van der Waals surface area contributed by atoms with E-state index in [1.807, 2.05) is 0 Å². The van der Waals surface area contributed by atoms with Gasteiger partial charge in [-0.25, -0.2) is 0 Å². The van der Waals surface area contributed by atoms with Gasteiger partial charge in [-0.15, -0.1) is 0 Å². The molecule has 1 rings (SSSR count). The average molecular weight is 366 g/mol. The Kier molecular flexibility index (Phi) is 4.83. The van der Waals surface area contributed by atoms with Crippen molar-refractivity contribution in [1.82, 2.24) is 0 Å². The van der Waals surface area contributed by atoms with Crippen LogP contribution in [0.4, 0.5) is 26.3 Å². The van der Waals surface area contributed by atoms with Gasteiger partial charge in [-0.3, -0.25) is 0 Å². The van der Waals surface area contributed by atoms with E-state index in [9.17, 15) is 26.3 Å². The molecular formula is C9H2Cl4F6. The molecule has 0 bridgehead atoms. The molecule has 0 unspecified atom stereocenters. The van der Waals surface area contributed by atoms with Gasteiger partial charge in [0.15, 0.2) is 0 Å². The first-order valence-corrected chi connectivity index (χ1v) is 5.94. The summed E-state index contributed by atoms with van der Waals surface area (Å²) in [6.07, 6.45) is -10.2. The minimum absolute atomic E-state index is 0.176. The molecule has 108 valence electrons. The summed E-state index contributed by atoms with van der Waals surface area (Å²) in [5.74, 6) is 0. The van der Waals surface area contributed by atoms with Crippen LogP contribution in [-0.4, -0.2) is 0 Å². The molecule has 0 atom stereocenters. The Morgan fingerprint density at radius 2 is 1.11 bits per heavy atom. The molecule has 0 nitrogen and oxygen atoms in total. The lowest BCUT2D eigenvalue weighted by atomic mass is 10.0. The smallest absolute Gasteiger partial charge is 0.166 e. The zero-order chi connectivity index (χ0) is 15.2. The molecule has 0 aliphatic heterocycles. The first-order chi connectivity index (χ1) is 8.37. The van der Waals surface area contributed by atoms with Crippen molar-refractivity contribution >= 4 is 46.4 Å². The normalized spacial score (nSPS) is 13.2. The van der Waals surface area contributed by atoms with Gasteiger partial charge in [0.2, 0.25) is 0 Å². The van der Waals surface area contributed by atoms with E-state index in [0.717, 1.165) is 0 Å². The quantitative estimate of drug-likeness (QED) is 0.393. The van der Waals surface area contributed by atoms with Gasteiger partial charge in [-0.05, 0) is 6.07 Å². The van der Waals surface area contributed by atoms with Gasteiger partial charge in [0.1, 0.15) is 4.84 Å². The molecule has 1 aromatic carbocycles. The Morgan fingerprint density at radius 1 is 0.789 bits per heavy atom. The Balaban J connectivity index is 3.76. The van der Waals surface area contributed by atoms with Crippen molar-refractivity contribution in [3.8, 4) is 0 Å². The molecule has 0 aliphatic rings. The second-order valence-electron chi connectivity index (χ2n) is 3.31. The molecule has 0 saturated carbocycles. The summed E-state index contributed by atoms with van der Waals surface area (Å²) in [7, 11) is 0. The number of hydrogen-bond acceptors (Lipinski definition) is 0. The molecule has 0 radical (unpaired) electrons. The van der Waals surface area contributed by atoms with Gasteiger partial charge >= 0.3 is 12.4 Å². The van der Waals surface area contributed by atoms with E-state index in [4.69, 9.17) is 46.4 Å². The minimum Gasteiger partial charge on any atom is -0.166 e. The zero-order valence-electron chi connectivity index (χ0n) is 8.43. The van der Waals surface area contributed by atoms with Crippen molar-refractivity contribution in [2.75, 3.05) is 0 Å². The standard InChI is InChI=1S/C9H2Cl4F6/c10-5-2(8(14,15)16)1-3(9(17,18)19)6(11)4(5)7(12)13/h1,7H. The molecule has 0 aromatic heterocycles. The summed E-state index contributed by atoms with van der Waals surface area (Å²) < 4.78 is 75.7. The summed E-state index contributed by atoms with van der Waals surface area (Å²) in [4.78, 5) is -1.73. The highest BCUT2D eigenvalue weighted by molar-refractivity contribution is 6.47. The molecule has 0 N–H and O–H groups in total. The van der Waals surface area contributed by atoms with Gasteiger partial charge in [-0.2, -0.15) is 26.3 Å². The lowest BCUT2D eigenvalue weighted by Crippen LogP contribution is -2.14. The van der Waals surface area contributed by atoms with Crippen LogP contribution in [0.5, 0.6) is 0 Å². The van der Waals surface area contributed by atoms with Crippen molar-refractivity contribution in [2.24, 2.45) is 0 Å². The van der Waals surface area contributed by atoms with Crippen LogP contribution < -0.4 is 0 Å². The van der Waals surface area contributed by atoms with Crippen LogP contribution in [0.2, 0.25) is 10.0 Å². The highest BCUT2D eigenvalue weighted by Gasteiger charge is 2.42. The third kappa shape index (κ3) is 3.54. The largest absolute Gasteiger partial charge is 0.417 e. The molecule has 10 heteroatoms. The number of benzene rings is 1. The van der Waals surface area contributed by atoms with E-state index in [-0.39, 0.29) is 6.07 Å². The minimum atomic E-state index is -5.10. The fraction of sp³-hybridized carbons (Fsp3) is 0.333. The molecule has 1 aromatic rings. The predicted molar refractivity (Wildman–Crippen MR) is 60.9 cm³/mol. The predicted octanol–water partition coefficient (Wildman–Crippen LogP) is 6.51. The van der Waals surface area contributed by atoms with Crippen molar-refractivity contribution in [3.05, 3.63) is 32.8 Å². The SMILES string of the molecule is FC(F)(F)c1cc(C(F)(F)F)c(Cl)c(C(Cl)Cl)c1Cl. The Labute approximate surface area is 123 Å². The van der Waals surface area contributed by atoms with E-state index < -0.39 is 43.9 Å². The lowest BCUT2D eigenvalue weighted by Gasteiger charge is -2.19. The molecular weight excluding hydrogens is 364 g/mol. The summed E-state index contributed by atoms with van der Waals surface area (Å²) in [5.41, 5.74) is -4.23.